The molecule has 0 bridgehead atoms. The Morgan fingerprint density at radius 1 is 0.556 bits per heavy atom. The standard InChI is InChI=1S/C17H35N/c1-17-15-13-11-9-7-5-3-2-4-6-8-10-12-14-16-18-17/h17-18H,2-16H2,1H3. The van der Waals surface area contributed by atoms with Gasteiger partial charge in [0.1, 0.15) is 0 Å². The van der Waals surface area contributed by atoms with Gasteiger partial charge in [-0.2, -0.15) is 0 Å². The van der Waals surface area contributed by atoms with Crippen LogP contribution >= 0.6 is 0 Å². The molecule has 0 radical (unpaired) electrons. The van der Waals surface area contributed by atoms with Crippen molar-refractivity contribution in [3.05, 3.63) is 0 Å². The van der Waals surface area contributed by atoms with Gasteiger partial charge in [0.05, 0.1) is 0 Å². The molecule has 1 unspecified atom stereocenters. The summed E-state index contributed by atoms with van der Waals surface area (Å²) in [6, 6.07) is 0.737. The maximum absolute atomic E-state index is 3.68. The van der Waals surface area contributed by atoms with E-state index in [0.717, 1.165) is 6.04 Å². The first-order valence-corrected chi connectivity index (χ1v) is 8.63. The quantitative estimate of drug-likeness (QED) is 0.606. The van der Waals surface area contributed by atoms with Crippen molar-refractivity contribution >= 4 is 0 Å². The Morgan fingerprint density at radius 2 is 0.944 bits per heavy atom. The van der Waals surface area contributed by atoms with Crippen molar-refractivity contribution in [3.8, 4) is 0 Å². The molecule has 1 N–H and O–H groups in total. The predicted octanol–water partition coefficient (Wildman–Crippen LogP) is 5.44. The van der Waals surface area contributed by atoms with Crippen LogP contribution in [0.1, 0.15) is 96.8 Å². The van der Waals surface area contributed by atoms with Gasteiger partial charge < -0.3 is 5.32 Å². The highest BCUT2D eigenvalue weighted by atomic mass is 14.9. The summed E-state index contributed by atoms with van der Waals surface area (Å²) in [6.45, 7) is 3.59. The molecule has 1 rings (SSSR count). The summed E-state index contributed by atoms with van der Waals surface area (Å²) in [5.74, 6) is 0. The Hall–Kier alpha value is -0.0400. The molecule has 1 heterocycles. The van der Waals surface area contributed by atoms with Gasteiger partial charge in [-0.05, 0) is 26.3 Å². The van der Waals surface area contributed by atoms with E-state index in [4.69, 9.17) is 0 Å². The normalized spacial score (nSPS) is 27.5. The molecule has 108 valence electrons. The van der Waals surface area contributed by atoms with Gasteiger partial charge in [-0.15, -0.1) is 0 Å². The molecule has 0 aromatic carbocycles. The van der Waals surface area contributed by atoms with E-state index < -0.39 is 0 Å². The number of hydrogen-bond acceptors (Lipinski definition) is 1. The Bertz CT molecular complexity index is 149. The molecule has 0 amide bonds. The maximum Gasteiger partial charge on any atom is 0.00387 e. The van der Waals surface area contributed by atoms with E-state index in [0.29, 0.717) is 0 Å². The van der Waals surface area contributed by atoms with Crippen molar-refractivity contribution in [2.45, 2.75) is 103 Å². The molecule has 0 spiro atoms. The molecule has 0 aliphatic carbocycles. The predicted molar refractivity (Wildman–Crippen MR) is 82.1 cm³/mol. The Balaban J connectivity index is 2.09. The smallest absolute Gasteiger partial charge is 0.00387 e. The van der Waals surface area contributed by atoms with Crippen molar-refractivity contribution in [1.82, 2.24) is 5.32 Å². The average molecular weight is 253 g/mol. The fourth-order valence-electron chi connectivity index (χ4n) is 2.97. The lowest BCUT2D eigenvalue weighted by molar-refractivity contribution is 0.467. The molecule has 1 atom stereocenters. The lowest BCUT2D eigenvalue weighted by Gasteiger charge is -2.13. The summed E-state index contributed by atoms with van der Waals surface area (Å²) in [5.41, 5.74) is 0. The summed E-state index contributed by atoms with van der Waals surface area (Å²) in [5, 5.41) is 3.68. The van der Waals surface area contributed by atoms with Crippen molar-refractivity contribution in [2.75, 3.05) is 6.54 Å². The second-order valence-corrected chi connectivity index (χ2v) is 6.24. The lowest BCUT2D eigenvalue weighted by atomic mass is 10.0. The minimum absolute atomic E-state index is 0.737. The van der Waals surface area contributed by atoms with Gasteiger partial charge >= 0.3 is 0 Å². The molecule has 1 saturated heterocycles. The Labute approximate surface area is 115 Å². The van der Waals surface area contributed by atoms with Gasteiger partial charge in [-0.25, -0.2) is 0 Å². The van der Waals surface area contributed by atoms with E-state index in [1.807, 2.05) is 0 Å². The zero-order chi connectivity index (χ0) is 12.9. The third kappa shape index (κ3) is 9.94. The second-order valence-electron chi connectivity index (χ2n) is 6.24. The summed E-state index contributed by atoms with van der Waals surface area (Å²) < 4.78 is 0. The number of nitrogens with one attached hydrogen (secondary N) is 1. The van der Waals surface area contributed by atoms with Crippen molar-refractivity contribution in [3.63, 3.8) is 0 Å². The van der Waals surface area contributed by atoms with Crippen LogP contribution < -0.4 is 5.32 Å². The van der Waals surface area contributed by atoms with E-state index in [-0.39, 0.29) is 0 Å². The first-order chi connectivity index (χ1) is 8.89. The van der Waals surface area contributed by atoms with Crippen LogP contribution in [-0.2, 0) is 0 Å². The Morgan fingerprint density at radius 3 is 1.44 bits per heavy atom. The van der Waals surface area contributed by atoms with Gasteiger partial charge in [0, 0.05) is 6.04 Å². The molecule has 1 nitrogen and oxygen atoms in total. The zero-order valence-electron chi connectivity index (χ0n) is 12.7. The largest absolute Gasteiger partial charge is 0.314 e. The molecule has 18 heavy (non-hydrogen) atoms. The minimum atomic E-state index is 0.737. The van der Waals surface area contributed by atoms with Crippen LogP contribution in [0.25, 0.3) is 0 Å². The van der Waals surface area contributed by atoms with Crippen molar-refractivity contribution in [1.29, 1.82) is 0 Å². The topological polar surface area (TPSA) is 12.0 Å². The molecule has 1 fully saturated rings. The van der Waals surface area contributed by atoms with Gasteiger partial charge in [0.2, 0.25) is 0 Å². The lowest BCUT2D eigenvalue weighted by Crippen LogP contribution is -2.26. The molecular formula is C17H35N. The van der Waals surface area contributed by atoms with Crippen LogP contribution in [-0.4, -0.2) is 12.6 Å². The molecule has 0 aromatic rings. The van der Waals surface area contributed by atoms with E-state index in [2.05, 4.69) is 12.2 Å². The molecular weight excluding hydrogens is 218 g/mol. The highest BCUT2D eigenvalue weighted by Crippen LogP contribution is 2.13. The van der Waals surface area contributed by atoms with Crippen molar-refractivity contribution in [2.24, 2.45) is 0 Å². The summed E-state index contributed by atoms with van der Waals surface area (Å²) in [7, 11) is 0. The van der Waals surface area contributed by atoms with Gasteiger partial charge in [-0.3, -0.25) is 0 Å². The van der Waals surface area contributed by atoms with E-state index in [1.54, 1.807) is 0 Å². The van der Waals surface area contributed by atoms with E-state index in [1.165, 1.54) is 96.4 Å². The molecule has 1 aliphatic rings. The molecule has 1 heteroatoms. The highest BCUT2D eigenvalue weighted by molar-refractivity contribution is 4.61. The monoisotopic (exact) mass is 253 g/mol. The van der Waals surface area contributed by atoms with Crippen LogP contribution in [0, 0.1) is 0 Å². The van der Waals surface area contributed by atoms with E-state index >= 15 is 0 Å². The summed E-state index contributed by atoms with van der Waals surface area (Å²) in [4.78, 5) is 0. The highest BCUT2D eigenvalue weighted by Gasteiger charge is 2.01. The van der Waals surface area contributed by atoms with Crippen molar-refractivity contribution < 1.29 is 0 Å². The molecule has 0 aromatic heterocycles. The molecule has 1 aliphatic heterocycles. The molecule has 0 saturated carbocycles. The third-order valence-electron chi connectivity index (χ3n) is 4.31. The maximum atomic E-state index is 3.68. The fourth-order valence-corrected chi connectivity index (χ4v) is 2.97. The van der Waals surface area contributed by atoms with Crippen LogP contribution in [0.15, 0.2) is 0 Å². The van der Waals surface area contributed by atoms with Gasteiger partial charge in [0.25, 0.3) is 0 Å². The first-order valence-electron chi connectivity index (χ1n) is 8.63. The van der Waals surface area contributed by atoms with Crippen LogP contribution in [0.5, 0.6) is 0 Å². The summed E-state index contributed by atoms with van der Waals surface area (Å²) >= 11 is 0. The Kier molecular flexibility index (Phi) is 10.7. The second kappa shape index (κ2) is 12.0. The fraction of sp³-hybridized carbons (Fsp3) is 1.00. The number of rotatable bonds is 0. The minimum Gasteiger partial charge on any atom is -0.314 e. The van der Waals surface area contributed by atoms with Gasteiger partial charge in [-0.1, -0.05) is 77.0 Å². The van der Waals surface area contributed by atoms with Gasteiger partial charge in [0.15, 0.2) is 0 Å². The van der Waals surface area contributed by atoms with Crippen LogP contribution in [0.4, 0.5) is 0 Å². The SMILES string of the molecule is CC1CCCCCCCCCCCCCCCN1. The average Bonchev–Trinajstić information content (AvgIpc) is 2.37. The summed E-state index contributed by atoms with van der Waals surface area (Å²) in [6.07, 6.45) is 20.3. The zero-order valence-corrected chi connectivity index (χ0v) is 12.7. The van der Waals surface area contributed by atoms with Crippen LogP contribution in [0.3, 0.4) is 0 Å². The van der Waals surface area contributed by atoms with E-state index in [9.17, 15) is 0 Å². The third-order valence-corrected chi connectivity index (χ3v) is 4.31. The number of hydrogen-bond donors (Lipinski definition) is 1. The van der Waals surface area contributed by atoms with Crippen LogP contribution in [0.2, 0.25) is 0 Å². The first kappa shape index (κ1) is 16.0.